The lowest BCUT2D eigenvalue weighted by atomic mass is 10.0. The molecule has 312 valence electrons. The molecule has 15 nitrogen and oxygen atoms in total. The van der Waals surface area contributed by atoms with Crippen LogP contribution in [0.5, 0.6) is 23.0 Å². The number of piperidine rings is 2. The summed E-state index contributed by atoms with van der Waals surface area (Å²) in [5.41, 5.74) is 17.5. The van der Waals surface area contributed by atoms with Crippen molar-refractivity contribution < 1.29 is 14.3 Å². The van der Waals surface area contributed by atoms with Gasteiger partial charge in [0.1, 0.15) is 58.7 Å². The number of carbonyl (C=O) groups excluding carboxylic acids is 1. The molecule has 0 bridgehead atoms. The first-order valence-electron chi connectivity index (χ1n) is 21.1. The largest absolute Gasteiger partial charge is 0.457 e. The molecule has 4 N–H and O–H groups in total. The number of anilines is 2. The number of likely N-dealkylation sites (tertiary alicyclic amines) is 2. The molecular weight excluding hydrogens is 781 g/mol. The van der Waals surface area contributed by atoms with Gasteiger partial charge in [-0.3, -0.25) is 4.79 Å². The molecule has 8 aromatic rings. The number of amides is 1. The van der Waals surface area contributed by atoms with E-state index in [4.69, 9.17) is 31.1 Å². The fourth-order valence-corrected chi connectivity index (χ4v) is 8.74. The molecule has 15 heteroatoms. The van der Waals surface area contributed by atoms with E-state index in [1.165, 1.54) is 12.7 Å². The van der Waals surface area contributed by atoms with Crippen LogP contribution in [0, 0.1) is 0 Å². The van der Waals surface area contributed by atoms with Crippen molar-refractivity contribution in [2.75, 3.05) is 44.2 Å². The smallest absolute Gasteiger partial charge is 0.223 e. The molecule has 2 atom stereocenters. The second kappa shape index (κ2) is 16.9. The Kier molecular flexibility index (Phi) is 10.6. The Hall–Kier alpha value is -7.39. The van der Waals surface area contributed by atoms with Gasteiger partial charge in [-0.15, -0.1) is 0 Å². The average Bonchev–Trinajstić information content (AvgIpc) is 3.91. The van der Waals surface area contributed by atoms with Crippen LogP contribution in [0.1, 0.15) is 44.2 Å². The maximum atomic E-state index is 13.9. The van der Waals surface area contributed by atoms with E-state index in [2.05, 4.69) is 24.8 Å². The Morgan fingerprint density at radius 3 is 1.56 bits per heavy atom. The van der Waals surface area contributed by atoms with Crippen molar-refractivity contribution in [3.8, 4) is 45.5 Å². The van der Waals surface area contributed by atoms with E-state index in [9.17, 15) is 4.79 Å². The first-order valence-corrected chi connectivity index (χ1v) is 21.1. The third-order valence-corrected chi connectivity index (χ3v) is 11.8. The van der Waals surface area contributed by atoms with Crippen LogP contribution in [0.2, 0.25) is 0 Å². The quantitative estimate of drug-likeness (QED) is 0.129. The van der Waals surface area contributed by atoms with Crippen molar-refractivity contribution in [3.63, 3.8) is 0 Å². The molecule has 2 aliphatic rings. The number of para-hydroxylation sites is 2. The summed E-state index contributed by atoms with van der Waals surface area (Å²) >= 11 is 0. The topological polar surface area (TPSA) is 181 Å². The van der Waals surface area contributed by atoms with Crippen molar-refractivity contribution in [1.29, 1.82) is 0 Å². The van der Waals surface area contributed by atoms with Crippen molar-refractivity contribution in [1.82, 2.24) is 49.3 Å². The minimum atomic E-state index is -0.0670. The van der Waals surface area contributed by atoms with Gasteiger partial charge in [-0.2, -0.15) is 10.2 Å². The normalized spacial score (nSPS) is 17.1. The molecule has 62 heavy (non-hydrogen) atoms. The molecule has 0 radical (unpaired) electrons. The van der Waals surface area contributed by atoms with Crippen LogP contribution in [-0.4, -0.2) is 87.9 Å². The Morgan fingerprint density at radius 2 is 1.05 bits per heavy atom. The molecule has 2 saturated heterocycles. The van der Waals surface area contributed by atoms with Gasteiger partial charge in [-0.1, -0.05) is 36.4 Å². The van der Waals surface area contributed by atoms with E-state index >= 15 is 0 Å². The summed E-state index contributed by atoms with van der Waals surface area (Å²) in [5, 5.41) is 11.6. The summed E-state index contributed by atoms with van der Waals surface area (Å²) in [7, 11) is 0. The standard InChI is InChI=1S/C47H46N12O3/c48-44-40-42(31-15-19-37(20-16-31)61-35-11-3-1-4-12-35)54-58(46(40)52-29-50-44)33-9-7-24-56(27-33)26-23-39(60)57-25-8-10-34(28-57)59-47-41(45(49)51-30-53-47)43(55-59)32-17-21-38(22-18-32)62-36-13-5-2-6-14-36/h1-6,11-22,29-30,33-34H,7-10,23-28H2,(H2,48,50,52)(H2,49,51,53)/t33?,34-/m1/s1. The molecule has 4 aromatic heterocycles. The van der Waals surface area contributed by atoms with Gasteiger partial charge in [-0.05, 0) is 105 Å². The molecule has 0 spiro atoms. The van der Waals surface area contributed by atoms with E-state index in [0.29, 0.717) is 65.8 Å². The minimum absolute atomic E-state index is 0.0498. The molecule has 0 aliphatic carbocycles. The van der Waals surface area contributed by atoms with Gasteiger partial charge in [-0.25, -0.2) is 29.3 Å². The van der Waals surface area contributed by atoms with Gasteiger partial charge in [0, 0.05) is 43.7 Å². The van der Waals surface area contributed by atoms with Crippen molar-refractivity contribution in [2.24, 2.45) is 0 Å². The number of aromatic nitrogens is 8. The molecule has 10 rings (SSSR count). The van der Waals surface area contributed by atoms with Crippen LogP contribution in [0.4, 0.5) is 11.6 Å². The number of fused-ring (bicyclic) bond motifs is 2. The Labute approximate surface area is 357 Å². The van der Waals surface area contributed by atoms with Crippen LogP contribution in [-0.2, 0) is 4.79 Å². The van der Waals surface area contributed by atoms with Crippen LogP contribution in [0.15, 0.2) is 122 Å². The number of benzene rings is 4. The highest BCUT2D eigenvalue weighted by molar-refractivity contribution is 5.99. The summed E-state index contributed by atoms with van der Waals surface area (Å²) < 4.78 is 16.0. The van der Waals surface area contributed by atoms with Crippen LogP contribution in [0.3, 0.4) is 0 Å². The molecule has 1 unspecified atom stereocenters. The number of nitrogens with zero attached hydrogens (tertiary/aromatic N) is 10. The lowest BCUT2D eigenvalue weighted by Gasteiger charge is -2.35. The monoisotopic (exact) mass is 826 g/mol. The molecule has 6 heterocycles. The van der Waals surface area contributed by atoms with E-state index < -0.39 is 0 Å². The van der Waals surface area contributed by atoms with Gasteiger partial charge in [0.2, 0.25) is 5.91 Å². The van der Waals surface area contributed by atoms with E-state index in [0.717, 1.165) is 78.2 Å². The van der Waals surface area contributed by atoms with Gasteiger partial charge >= 0.3 is 0 Å². The molecule has 2 fully saturated rings. The minimum Gasteiger partial charge on any atom is -0.457 e. The SMILES string of the molecule is Nc1ncnc2c1c(-c1ccc(Oc3ccccc3)cc1)nn2C1CCCN(CCC(=O)N2CCC[C@@H](n3nc(-c4ccc(Oc5ccccc5)cc4)c4c(N)ncnc43)C2)C1. The number of hydrogen-bond acceptors (Lipinski definition) is 12. The maximum Gasteiger partial charge on any atom is 0.223 e. The summed E-state index contributed by atoms with van der Waals surface area (Å²) in [6.45, 7) is 3.52. The predicted molar refractivity (Wildman–Crippen MR) is 238 cm³/mol. The summed E-state index contributed by atoms with van der Waals surface area (Å²) in [6, 6.07) is 34.9. The van der Waals surface area contributed by atoms with Gasteiger partial charge in [0.25, 0.3) is 0 Å². The highest BCUT2D eigenvalue weighted by Crippen LogP contribution is 2.37. The van der Waals surface area contributed by atoms with Crippen LogP contribution < -0.4 is 20.9 Å². The summed E-state index contributed by atoms with van der Waals surface area (Å²) in [4.78, 5) is 36.2. The Balaban J connectivity index is 0.812. The lowest BCUT2D eigenvalue weighted by Crippen LogP contribution is -2.43. The van der Waals surface area contributed by atoms with Crippen molar-refractivity contribution in [2.45, 2.75) is 44.2 Å². The fraction of sp³-hybridized carbons (Fsp3) is 0.255. The van der Waals surface area contributed by atoms with Crippen molar-refractivity contribution >= 4 is 39.6 Å². The maximum absolute atomic E-state index is 13.9. The third kappa shape index (κ3) is 7.85. The highest BCUT2D eigenvalue weighted by Gasteiger charge is 2.31. The van der Waals surface area contributed by atoms with Crippen molar-refractivity contribution in [3.05, 3.63) is 122 Å². The zero-order valence-electron chi connectivity index (χ0n) is 34.1. The summed E-state index contributed by atoms with van der Waals surface area (Å²) in [5.74, 6) is 3.85. The molecular formula is C47H46N12O3. The van der Waals surface area contributed by atoms with E-state index in [-0.39, 0.29) is 18.0 Å². The second-order valence-corrected chi connectivity index (χ2v) is 15.9. The third-order valence-electron chi connectivity index (χ3n) is 11.8. The van der Waals surface area contributed by atoms with Crippen LogP contribution >= 0.6 is 0 Å². The Bertz CT molecular complexity index is 2830. The number of carbonyl (C=O) groups is 1. The zero-order valence-corrected chi connectivity index (χ0v) is 34.1. The first kappa shape index (κ1) is 38.8. The van der Waals surface area contributed by atoms with Gasteiger partial charge in [0.05, 0.1) is 22.9 Å². The first-order chi connectivity index (χ1) is 30.4. The fourth-order valence-electron chi connectivity index (χ4n) is 8.74. The molecule has 4 aromatic carbocycles. The number of hydrogen-bond donors (Lipinski definition) is 2. The highest BCUT2D eigenvalue weighted by atomic mass is 16.5. The Morgan fingerprint density at radius 1 is 0.581 bits per heavy atom. The molecule has 0 saturated carbocycles. The van der Waals surface area contributed by atoms with Gasteiger partial charge < -0.3 is 30.7 Å². The molecule has 2 aliphatic heterocycles. The number of nitrogen functional groups attached to an aromatic ring is 2. The number of rotatable bonds is 11. The second-order valence-electron chi connectivity index (χ2n) is 15.9. The lowest BCUT2D eigenvalue weighted by molar-refractivity contribution is -0.133. The molecule has 1 amide bonds. The number of nitrogens with two attached hydrogens (primary N) is 2. The van der Waals surface area contributed by atoms with E-state index in [1.807, 2.05) is 123 Å². The average molecular weight is 827 g/mol. The van der Waals surface area contributed by atoms with E-state index in [1.54, 1.807) is 0 Å². The number of ether oxygens (including phenoxy) is 2. The van der Waals surface area contributed by atoms with Gasteiger partial charge in [0.15, 0.2) is 11.3 Å². The zero-order chi connectivity index (χ0) is 42.0. The van der Waals surface area contributed by atoms with Crippen LogP contribution in [0.25, 0.3) is 44.6 Å². The summed E-state index contributed by atoms with van der Waals surface area (Å²) in [6.07, 6.45) is 7.00. The predicted octanol–water partition coefficient (Wildman–Crippen LogP) is 7.94.